The van der Waals surface area contributed by atoms with Gasteiger partial charge in [0.25, 0.3) is 0 Å². The average Bonchev–Trinajstić information content (AvgIpc) is 2.89. The van der Waals surface area contributed by atoms with Crippen molar-refractivity contribution in [2.45, 2.75) is 91.1 Å². The van der Waals surface area contributed by atoms with Gasteiger partial charge in [-0.2, -0.15) is 0 Å². The van der Waals surface area contributed by atoms with Gasteiger partial charge in [-0.05, 0) is 113 Å². The lowest BCUT2D eigenvalue weighted by molar-refractivity contribution is -0.123. The first-order valence-electron chi connectivity index (χ1n) is 14.7. The van der Waals surface area contributed by atoms with Crippen LogP contribution < -0.4 is 9.64 Å². The summed E-state index contributed by atoms with van der Waals surface area (Å²) in [5.74, 6) is 1.85. The molecule has 1 heterocycles. The van der Waals surface area contributed by atoms with Crippen LogP contribution in [0.1, 0.15) is 76.0 Å². The molecule has 0 bridgehead atoms. The van der Waals surface area contributed by atoms with E-state index >= 15 is 0 Å². The second-order valence-corrected chi connectivity index (χ2v) is 12.5. The topological polar surface area (TPSA) is 62.2 Å². The minimum absolute atomic E-state index is 0.0336. The number of carbonyl (C=O) groups is 1. The molecule has 0 radical (unpaired) electrons. The number of rotatable bonds is 10. The summed E-state index contributed by atoms with van der Waals surface area (Å²) in [6.45, 7) is 12.1. The van der Waals surface area contributed by atoms with Crippen molar-refractivity contribution >= 4 is 11.6 Å². The van der Waals surface area contributed by atoms with E-state index in [0.29, 0.717) is 6.61 Å². The van der Waals surface area contributed by atoms with Gasteiger partial charge in [-0.25, -0.2) is 0 Å². The van der Waals surface area contributed by atoms with E-state index in [9.17, 15) is 9.90 Å². The molecule has 0 spiro atoms. The number of aryl methyl sites for hydroxylation is 1. The fourth-order valence-corrected chi connectivity index (χ4v) is 5.89. The number of hydrogen-bond acceptors (Lipinski definition) is 5. The molecular formula is C33H48N2O4. The second-order valence-electron chi connectivity index (χ2n) is 12.5. The number of ether oxygens (including phenoxy) is 2. The van der Waals surface area contributed by atoms with E-state index in [-0.39, 0.29) is 24.5 Å². The normalized spacial score (nSPS) is 22.5. The summed E-state index contributed by atoms with van der Waals surface area (Å²) in [4.78, 5) is 17.8. The van der Waals surface area contributed by atoms with Gasteiger partial charge in [-0.3, -0.25) is 9.69 Å². The molecule has 0 unspecified atom stereocenters. The molecule has 39 heavy (non-hydrogen) atoms. The molecule has 2 aromatic carbocycles. The molecule has 1 N–H and O–H groups in total. The molecular weight excluding hydrogens is 488 g/mol. The Labute approximate surface area is 235 Å². The van der Waals surface area contributed by atoms with Crippen LogP contribution in [0.2, 0.25) is 0 Å². The minimum atomic E-state index is -0.841. The summed E-state index contributed by atoms with van der Waals surface area (Å²) < 4.78 is 11.9. The van der Waals surface area contributed by atoms with Crippen LogP contribution in [0.4, 0.5) is 5.69 Å². The van der Waals surface area contributed by atoms with Gasteiger partial charge in [0, 0.05) is 31.7 Å². The lowest BCUT2D eigenvalue weighted by atomic mass is 9.86. The summed E-state index contributed by atoms with van der Waals surface area (Å²) >= 11 is 0. The van der Waals surface area contributed by atoms with E-state index in [1.165, 1.54) is 37.1 Å². The lowest BCUT2D eigenvalue weighted by Gasteiger charge is -2.32. The van der Waals surface area contributed by atoms with Crippen LogP contribution in [-0.4, -0.2) is 54.4 Å². The Bertz CT molecular complexity index is 1090. The molecule has 1 saturated heterocycles. The highest BCUT2D eigenvalue weighted by Crippen LogP contribution is 2.31. The van der Waals surface area contributed by atoms with Gasteiger partial charge in [-0.15, -0.1) is 0 Å². The fraction of sp³-hybridized carbons (Fsp3) is 0.606. The predicted molar refractivity (Wildman–Crippen MR) is 157 cm³/mol. The monoisotopic (exact) mass is 536 g/mol. The molecule has 6 nitrogen and oxygen atoms in total. The Kier molecular flexibility index (Phi) is 10.1. The van der Waals surface area contributed by atoms with E-state index in [4.69, 9.17) is 9.47 Å². The molecule has 4 rings (SSSR count). The zero-order valence-electron chi connectivity index (χ0n) is 24.6. The number of hydrogen-bond donors (Lipinski definition) is 1. The summed E-state index contributed by atoms with van der Waals surface area (Å²) in [7, 11) is 1.91. The molecule has 1 saturated carbocycles. The van der Waals surface area contributed by atoms with Gasteiger partial charge in [0.15, 0.2) is 0 Å². The maximum Gasteiger partial charge on any atom is 0.229 e. The van der Waals surface area contributed by atoms with Gasteiger partial charge in [0.05, 0.1) is 24.9 Å². The highest BCUT2D eigenvalue weighted by atomic mass is 16.5. The van der Waals surface area contributed by atoms with Gasteiger partial charge < -0.3 is 19.5 Å². The SMILES string of the molecule is Cc1cc(N(C)C(=O)C2CCC(Oc3cccc(COCC(C)(C)O)c3)CC2)ccc1CN1CCC[C@@H](C)C1. The van der Waals surface area contributed by atoms with E-state index in [2.05, 4.69) is 36.9 Å². The Morgan fingerprint density at radius 1 is 1.10 bits per heavy atom. The van der Waals surface area contributed by atoms with Crippen molar-refractivity contribution in [1.29, 1.82) is 0 Å². The number of carbonyl (C=O) groups excluding carboxylic acids is 1. The van der Waals surface area contributed by atoms with E-state index in [1.807, 2.05) is 36.2 Å². The Morgan fingerprint density at radius 3 is 2.56 bits per heavy atom. The third-order valence-corrected chi connectivity index (χ3v) is 8.13. The van der Waals surface area contributed by atoms with Gasteiger partial charge in [0.1, 0.15) is 5.75 Å². The van der Waals surface area contributed by atoms with Gasteiger partial charge in [-0.1, -0.05) is 25.1 Å². The summed E-state index contributed by atoms with van der Waals surface area (Å²) in [6, 6.07) is 14.5. The van der Waals surface area contributed by atoms with Crippen LogP contribution in [0.25, 0.3) is 0 Å². The number of amides is 1. The molecule has 2 aliphatic rings. The Morgan fingerprint density at radius 2 is 1.87 bits per heavy atom. The molecule has 2 aromatic rings. The molecule has 1 amide bonds. The summed E-state index contributed by atoms with van der Waals surface area (Å²) in [5, 5.41) is 9.83. The highest BCUT2D eigenvalue weighted by molar-refractivity contribution is 5.94. The van der Waals surface area contributed by atoms with Crippen LogP contribution in [-0.2, 0) is 22.7 Å². The van der Waals surface area contributed by atoms with Crippen LogP contribution >= 0.6 is 0 Å². The van der Waals surface area contributed by atoms with E-state index in [0.717, 1.165) is 55.1 Å². The number of anilines is 1. The molecule has 214 valence electrons. The molecule has 0 aromatic heterocycles. The van der Waals surface area contributed by atoms with Crippen molar-refractivity contribution < 1.29 is 19.4 Å². The fourth-order valence-electron chi connectivity index (χ4n) is 5.89. The first kappa shape index (κ1) is 29.6. The van der Waals surface area contributed by atoms with Crippen molar-refractivity contribution in [2.24, 2.45) is 11.8 Å². The van der Waals surface area contributed by atoms with Gasteiger partial charge in [0.2, 0.25) is 5.91 Å². The third-order valence-electron chi connectivity index (χ3n) is 8.13. The molecule has 2 fully saturated rings. The van der Waals surface area contributed by atoms with Crippen molar-refractivity contribution in [3.8, 4) is 5.75 Å². The van der Waals surface area contributed by atoms with Crippen molar-refractivity contribution in [3.63, 3.8) is 0 Å². The Balaban J connectivity index is 1.25. The molecule has 6 heteroatoms. The zero-order valence-corrected chi connectivity index (χ0v) is 24.6. The highest BCUT2D eigenvalue weighted by Gasteiger charge is 2.30. The first-order chi connectivity index (χ1) is 18.6. The quantitative estimate of drug-likeness (QED) is 0.397. The smallest absolute Gasteiger partial charge is 0.229 e. The molecule has 1 atom stereocenters. The van der Waals surface area contributed by atoms with Gasteiger partial charge >= 0.3 is 0 Å². The predicted octanol–water partition coefficient (Wildman–Crippen LogP) is 6.12. The minimum Gasteiger partial charge on any atom is -0.490 e. The number of nitrogens with zero attached hydrogens (tertiary/aromatic N) is 2. The summed E-state index contributed by atoms with van der Waals surface area (Å²) in [5.41, 5.74) is 3.78. The maximum atomic E-state index is 13.4. The van der Waals surface area contributed by atoms with Crippen LogP contribution in [0, 0.1) is 18.8 Å². The van der Waals surface area contributed by atoms with Crippen molar-refractivity contribution in [1.82, 2.24) is 4.90 Å². The van der Waals surface area contributed by atoms with Crippen LogP contribution in [0.15, 0.2) is 42.5 Å². The zero-order chi connectivity index (χ0) is 28.0. The number of benzene rings is 2. The first-order valence-corrected chi connectivity index (χ1v) is 14.7. The molecule has 1 aliphatic carbocycles. The standard InChI is InChI=1S/C33H48N2O4/c1-24-8-7-17-35(20-24)21-28-11-14-29(18-25(28)2)34(5)32(36)27-12-15-30(16-13-27)39-31-10-6-9-26(19-31)22-38-23-33(3,4)37/h6,9-11,14,18-19,24,27,30,37H,7-8,12-13,15-17,20-23H2,1-5H3/t24-,27?,30?/m1/s1. The van der Waals surface area contributed by atoms with Crippen LogP contribution in [0.5, 0.6) is 5.75 Å². The van der Waals surface area contributed by atoms with Crippen molar-refractivity contribution in [3.05, 3.63) is 59.2 Å². The molecule has 1 aliphatic heterocycles. The van der Waals surface area contributed by atoms with Crippen molar-refractivity contribution in [2.75, 3.05) is 31.6 Å². The largest absolute Gasteiger partial charge is 0.490 e. The van der Waals surface area contributed by atoms with Crippen LogP contribution in [0.3, 0.4) is 0 Å². The lowest BCUT2D eigenvalue weighted by Crippen LogP contribution is -2.37. The number of piperidine rings is 1. The number of likely N-dealkylation sites (tertiary alicyclic amines) is 1. The maximum absolute atomic E-state index is 13.4. The van der Waals surface area contributed by atoms with E-state index < -0.39 is 5.60 Å². The van der Waals surface area contributed by atoms with E-state index in [1.54, 1.807) is 13.8 Å². The number of aliphatic hydroxyl groups is 1. The Hall–Kier alpha value is -2.41. The summed E-state index contributed by atoms with van der Waals surface area (Å²) in [6.07, 6.45) is 6.16. The average molecular weight is 537 g/mol. The third kappa shape index (κ3) is 8.79. The second kappa shape index (κ2) is 13.3.